The van der Waals surface area contributed by atoms with E-state index in [4.69, 9.17) is 4.74 Å². The molecule has 152 valence electrons. The lowest BCUT2D eigenvalue weighted by Crippen LogP contribution is -2.29. The summed E-state index contributed by atoms with van der Waals surface area (Å²) in [5.41, 5.74) is 3.80. The molecule has 0 bridgehead atoms. The fraction of sp³-hybridized carbons (Fsp3) is 0.417. The average molecular weight is 392 g/mol. The summed E-state index contributed by atoms with van der Waals surface area (Å²) in [4.78, 5) is 27.3. The maximum Gasteiger partial charge on any atom is 0.229 e. The second-order valence-electron chi connectivity index (χ2n) is 8.13. The summed E-state index contributed by atoms with van der Waals surface area (Å²) < 4.78 is 6.12. The van der Waals surface area contributed by atoms with Crippen LogP contribution in [0.4, 0.5) is 11.4 Å². The van der Waals surface area contributed by atoms with Gasteiger partial charge in [0, 0.05) is 18.7 Å². The summed E-state index contributed by atoms with van der Waals surface area (Å²) in [6.07, 6.45) is 4.95. The van der Waals surface area contributed by atoms with E-state index in [0.717, 1.165) is 29.7 Å². The molecule has 4 rings (SSSR count). The highest BCUT2D eigenvalue weighted by Gasteiger charge is 2.36. The van der Waals surface area contributed by atoms with E-state index >= 15 is 0 Å². The third-order valence-electron chi connectivity index (χ3n) is 6.10. The summed E-state index contributed by atoms with van der Waals surface area (Å²) >= 11 is 0. The minimum atomic E-state index is -0.373. The number of aryl methyl sites for hydroxylation is 1. The molecule has 1 atom stereocenters. The Labute approximate surface area is 172 Å². The van der Waals surface area contributed by atoms with Crippen molar-refractivity contribution in [1.82, 2.24) is 0 Å². The largest absolute Gasteiger partial charge is 0.488 e. The second kappa shape index (κ2) is 8.27. The Balaban J connectivity index is 1.46. The summed E-state index contributed by atoms with van der Waals surface area (Å²) in [6, 6.07) is 13.5. The van der Waals surface area contributed by atoms with E-state index in [9.17, 15) is 9.59 Å². The molecular weight excluding hydrogens is 364 g/mol. The van der Waals surface area contributed by atoms with E-state index in [1.165, 1.54) is 12.8 Å². The van der Waals surface area contributed by atoms with Gasteiger partial charge in [-0.2, -0.15) is 0 Å². The van der Waals surface area contributed by atoms with Crippen LogP contribution in [0, 0.1) is 19.8 Å². The van der Waals surface area contributed by atoms with Crippen LogP contribution in [-0.4, -0.2) is 24.5 Å². The molecule has 2 amide bonds. The number of ether oxygens (including phenoxy) is 1. The SMILES string of the molecule is Cc1cccc(N2CC(C(=O)Nc3ccccc3OC3CCCC3)CC2=O)c1C. The molecule has 2 fully saturated rings. The van der Waals surface area contributed by atoms with Gasteiger partial charge in [-0.25, -0.2) is 0 Å². The topological polar surface area (TPSA) is 58.6 Å². The van der Waals surface area contributed by atoms with Crippen LogP contribution in [-0.2, 0) is 9.59 Å². The van der Waals surface area contributed by atoms with Crippen LogP contribution < -0.4 is 15.0 Å². The molecule has 1 heterocycles. The third kappa shape index (κ3) is 4.14. The second-order valence-corrected chi connectivity index (χ2v) is 8.13. The lowest BCUT2D eigenvalue weighted by atomic mass is 10.1. The molecule has 29 heavy (non-hydrogen) atoms. The zero-order chi connectivity index (χ0) is 20.4. The predicted octanol–water partition coefficient (Wildman–Crippen LogP) is 4.62. The molecule has 1 aliphatic carbocycles. The molecule has 5 heteroatoms. The number of carbonyl (C=O) groups excluding carboxylic acids is 2. The average Bonchev–Trinajstić information content (AvgIpc) is 3.35. The Kier molecular flexibility index (Phi) is 5.56. The monoisotopic (exact) mass is 392 g/mol. The van der Waals surface area contributed by atoms with Gasteiger partial charge in [-0.15, -0.1) is 0 Å². The third-order valence-corrected chi connectivity index (χ3v) is 6.10. The zero-order valence-electron chi connectivity index (χ0n) is 17.1. The predicted molar refractivity (Wildman–Crippen MR) is 114 cm³/mol. The van der Waals surface area contributed by atoms with E-state index in [1.54, 1.807) is 4.90 Å². The first-order valence-electron chi connectivity index (χ1n) is 10.5. The van der Waals surface area contributed by atoms with E-state index < -0.39 is 0 Å². The maximum absolute atomic E-state index is 12.9. The lowest BCUT2D eigenvalue weighted by molar-refractivity contribution is -0.122. The molecule has 0 aromatic heterocycles. The summed E-state index contributed by atoms with van der Waals surface area (Å²) in [5.74, 6) is 0.202. The van der Waals surface area contributed by atoms with Gasteiger partial charge in [-0.3, -0.25) is 9.59 Å². The number of amides is 2. The maximum atomic E-state index is 12.9. The van der Waals surface area contributed by atoms with E-state index in [2.05, 4.69) is 5.32 Å². The molecule has 1 unspecified atom stereocenters. The minimum absolute atomic E-state index is 0.00524. The Hall–Kier alpha value is -2.82. The van der Waals surface area contributed by atoms with E-state index in [0.29, 0.717) is 18.0 Å². The fourth-order valence-electron chi connectivity index (χ4n) is 4.24. The molecule has 0 spiro atoms. The quantitative estimate of drug-likeness (QED) is 0.808. The van der Waals surface area contributed by atoms with Gasteiger partial charge in [0.05, 0.1) is 17.7 Å². The molecule has 2 aliphatic rings. The van der Waals surface area contributed by atoms with Crippen LogP contribution in [0.3, 0.4) is 0 Å². The van der Waals surface area contributed by atoms with Crippen molar-refractivity contribution in [3.05, 3.63) is 53.6 Å². The number of hydrogen-bond acceptors (Lipinski definition) is 3. The van der Waals surface area contributed by atoms with Crippen molar-refractivity contribution in [3.8, 4) is 5.75 Å². The highest BCUT2D eigenvalue weighted by molar-refractivity contribution is 6.04. The molecular formula is C24H28N2O3. The van der Waals surface area contributed by atoms with E-state index in [-0.39, 0.29) is 30.3 Å². The standard InChI is InChI=1S/C24H28N2O3/c1-16-8-7-12-21(17(16)2)26-15-18(14-23(26)27)24(28)25-20-11-5-6-13-22(20)29-19-9-3-4-10-19/h5-8,11-13,18-19H,3-4,9-10,14-15H2,1-2H3,(H,25,28). The van der Waals surface area contributed by atoms with Gasteiger partial charge >= 0.3 is 0 Å². The van der Waals surface area contributed by atoms with Gasteiger partial charge < -0.3 is 15.0 Å². The van der Waals surface area contributed by atoms with Crippen LogP contribution in [0.1, 0.15) is 43.2 Å². The number of rotatable bonds is 5. The van der Waals surface area contributed by atoms with Gasteiger partial charge in [-0.05, 0) is 68.9 Å². The number of benzene rings is 2. The molecule has 1 saturated carbocycles. The number of carbonyl (C=O) groups is 2. The van der Waals surface area contributed by atoms with Gasteiger partial charge in [0.2, 0.25) is 11.8 Å². The molecule has 5 nitrogen and oxygen atoms in total. The number of para-hydroxylation sites is 2. The lowest BCUT2D eigenvalue weighted by Gasteiger charge is -2.20. The van der Waals surface area contributed by atoms with Crippen LogP contribution >= 0.6 is 0 Å². The van der Waals surface area contributed by atoms with Crippen molar-refractivity contribution >= 4 is 23.2 Å². The van der Waals surface area contributed by atoms with Crippen molar-refractivity contribution in [2.75, 3.05) is 16.8 Å². The van der Waals surface area contributed by atoms with Gasteiger partial charge in [0.1, 0.15) is 5.75 Å². The summed E-state index contributed by atoms with van der Waals surface area (Å²) in [6.45, 7) is 4.45. The van der Waals surface area contributed by atoms with Crippen LogP contribution in [0.2, 0.25) is 0 Å². The van der Waals surface area contributed by atoms with Crippen LogP contribution in [0.25, 0.3) is 0 Å². The van der Waals surface area contributed by atoms with E-state index in [1.807, 2.05) is 56.3 Å². The molecule has 2 aromatic carbocycles. The highest BCUT2D eigenvalue weighted by Crippen LogP contribution is 2.32. The molecule has 2 aromatic rings. The minimum Gasteiger partial charge on any atom is -0.488 e. The fourth-order valence-corrected chi connectivity index (χ4v) is 4.24. The molecule has 1 N–H and O–H groups in total. The number of anilines is 2. The summed E-state index contributed by atoms with van der Waals surface area (Å²) in [5, 5.41) is 3.00. The Morgan fingerprint density at radius 3 is 2.62 bits per heavy atom. The summed E-state index contributed by atoms with van der Waals surface area (Å²) in [7, 11) is 0. The van der Waals surface area contributed by atoms with Crippen molar-refractivity contribution in [3.63, 3.8) is 0 Å². The number of nitrogens with zero attached hydrogens (tertiary/aromatic N) is 1. The first-order chi connectivity index (χ1) is 14.0. The van der Waals surface area contributed by atoms with Gasteiger partial charge in [0.15, 0.2) is 0 Å². The van der Waals surface area contributed by atoms with Crippen molar-refractivity contribution < 1.29 is 14.3 Å². The van der Waals surface area contributed by atoms with Crippen LogP contribution in [0.5, 0.6) is 5.75 Å². The van der Waals surface area contributed by atoms with Crippen molar-refractivity contribution in [1.29, 1.82) is 0 Å². The number of nitrogens with one attached hydrogen (secondary N) is 1. The van der Waals surface area contributed by atoms with Crippen molar-refractivity contribution in [2.45, 2.75) is 52.1 Å². The molecule has 1 saturated heterocycles. The zero-order valence-corrected chi connectivity index (χ0v) is 17.1. The van der Waals surface area contributed by atoms with Gasteiger partial charge in [0.25, 0.3) is 0 Å². The Bertz CT molecular complexity index is 918. The normalized spacial score (nSPS) is 19.6. The Morgan fingerprint density at radius 1 is 1.07 bits per heavy atom. The smallest absolute Gasteiger partial charge is 0.229 e. The number of hydrogen-bond donors (Lipinski definition) is 1. The molecule has 1 aliphatic heterocycles. The molecule has 0 radical (unpaired) electrons. The highest BCUT2D eigenvalue weighted by atomic mass is 16.5. The van der Waals surface area contributed by atoms with Crippen LogP contribution in [0.15, 0.2) is 42.5 Å². The van der Waals surface area contributed by atoms with Gasteiger partial charge in [-0.1, -0.05) is 24.3 Å². The first-order valence-corrected chi connectivity index (χ1v) is 10.5. The Morgan fingerprint density at radius 2 is 1.83 bits per heavy atom. The van der Waals surface area contributed by atoms with Crippen molar-refractivity contribution in [2.24, 2.45) is 5.92 Å². The first kappa shape index (κ1) is 19.5.